The van der Waals surface area contributed by atoms with Crippen LogP contribution in [0.15, 0.2) is 24.3 Å². The highest BCUT2D eigenvalue weighted by atomic mass is 16.5. The van der Waals surface area contributed by atoms with Gasteiger partial charge in [0.25, 0.3) is 0 Å². The third-order valence-electron chi connectivity index (χ3n) is 10.6. The highest BCUT2D eigenvalue weighted by Gasteiger charge is 2.53. The maximum Gasteiger partial charge on any atom is 0.0544 e. The minimum absolute atomic E-state index is 0.453. The summed E-state index contributed by atoms with van der Waals surface area (Å²) in [6.45, 7) is 10.9. The molecule has 0 amide bonds. The Balaban J connectivity index is 0.000000135. The monoisotopic (exact) mass is 440 g/mol. The summed E-state index contributed by atoms with van der Waals surface area (Å²) in [5.41, 5.74) is 0. The SMILES string of the molecule is CCC(C)OCC1CC2CC1C1C=CCC21.CCC(C)OCC1CC2CC1C1CC=CC21. The lowest BCUT2D eigenvalue weighted by Crippen LogP contribution is -2.28. The Labute approximate surface area is 197 Å². The average Bonchev–Trinajstić information content (AvgIpc) is 3.62. The number of hydrogen-bond acceptors (Lipinski definition) is 2. The summed E-state index contributed by atoms with van der Waals surface area (Å²) in [5, 5.41) is 0. The zero-order chi connectivity index (χ0) is 22.2. The van der Waals surface area contributed by atoms with E-state index in [9.17, 15) is 0 Å². The van der Waals surface area contributed by atoms with E-state index in [0.717, 1.165) is 85.2 Å². The molecule has 0 radical (unpaired) electrons. The smallest absolute Gasteiger partial charge is 0.0544 e. The summed E-state index contributed by atoms with van der Waals surface area (Å²) in [7, 11) is 0. The summed E-state index contributed by atoms with van der Waals surface area (Å²) in [4.78, 5) is 0. The number of rotatable bonds is 8. The van der Waals surface area contributed by atoms with Crippen LogP contribution in [0.5, 0.6) is 0 Å². The largest absolute Gasteiger partial charge is 0.378 e. The molecule has 12 atom stereocenters. The zero-order valence-corrected chi connectivity index (χ0v) is 21.1. The molecule has 0 saturated heterocycles. The van der Waals surface area contributed by atoms with E-state index in [1.807, 2.05) is 0 Å². The fourth-order valence-corrected chi connectivity index (χ4v) is 8.58. The summed E-state index contributed by atoms with van der Waals surface area (Å²) in [5.74, 6) is 9.58. The van der Waals surface area contributed by atoms with Gasteiger partial charge in [-0.2, -0.15) is 0 Å². The predicted molar refractivity (Wildman–Crippen MR) is 132 cm³/mol. The molecule has 6 aliphatic rings. The highest BCUT2D eigenvalue weighted by molar-refractivity contribution is 5.14. The maximum atomic E-state index is 5.96. The predicted octanol–water partition coefficient (Wildman–Crippen LogP) is 7.30. The third kappa shape index (κ3) is 4.40. The molecule has 0 aromatic carbocycles. The van der Waals surface area contributed by atoms with Crippen molar-refractivity contribution in [1.29, 1.82) is 0 Å². The van der Waals surface area contributed by atoms with Gasteiger partial charge in [0.2, 0.25) is 0 Å². The van der Waals surface area contributed by atoms with Crippen molar-refractivity contribution in [1.82, 2.24) is 0 Å². The minimum atomic E-state index is 0.453. The van der Waals surface area contributed by atoms with E-state index in [4.69, 9.17) is 9.47 Å². The average molecular weight is 441 g/mol. The Morgan fingerprint density at radius 3 is 1.91 bits per heavy atom. The molecular formula is C30H48O2. The van der Waals surface area contributed by atoms with Gasteiger partial charge in [-0.1, -0.05) is 38.2 Å². The maximum absolute atomic E-state index is 5.96. The molecule has 0 aromatic rings. The minimum Gasteiger partial charge on any atom is -0.378 e. The molecule has 4 saturated carbocycles. The molecular weight excluding hydrogens is 392 g/mol. The van der Waals surface area contributed by atoms with Crippen molar-refractivity contribution in [2.75, 3.05) is 13.2 Å². The van der Waals surface area contributed by atoms with E-state index in [1.54, 1.807) is 0 Å². The van der Waals surface area contributed by atoms with Crippen molar-refractivity contribution >= 4 is 0 Å². The molecule has 2 heteroatoms. The van der Waals surface area contributed by atoms with Gasteiger partial charge in [0.15, 0.2) is 0 Å². The van der Waals surface area contributed by atoms with Crippen LogP contribution in [0.4, 0.5) is 0 Å². The van der Waals surface area contributed by atoms with Gasteiger partial charge in [-0.15, -0.1) is 0 Å². The lowest BCUT2D eigenvalue weighted by molar-refractivity contribution is 0.0132. The van der Waals surface area contributed by atoms with Crippen molar-refractivity contribution in [3.05, 3.63) is 24.3 Å². The Bertz CT molecular complexity index is 682. The molecule has 6 aliphatic carbocycles. The Hall–Kier alpha value is -0.600. The molecule has 32 heavy (non-hydrogen) atoms. The van der Waals surface area contributed by atoms with Crippen LogP contribution in [0.25, 0.3) is 0 Å². The molecule has 0 aliphatic heterocycles. The van der Waals surface area contributed by atoms with Gasteiger partial charge < -0.3 is 9.47 Å². The standard InChI is InChI=1S/2C15H24O/c2*1-3-10(2)16-9-12-7-11-8-15(12)14-6-4-5-13(11)14/h4,6,10-15H,3,5,7-9H2,1-2H3;4-5,10-15H,3,6-9H2,1-2H3. The van der Waals surface area contributed by atoms with Crippen LogP contribution < -0.4 is 0 Å². The molecule has 4 bridgehead atoms. The number of fused-ring (bicyclic) bond motifs is 10. The van der Waals surface area contributed by atoms with E-state index in [-0.39, 0.29) is 0 Å². The van der Waals surface area contributed by atoms with Gasteiger partial charge >= 0.3 is 0 Å². The van der Waals surface area contributed by atoms with Crippen molar-refractivity contribution in [3.8, 4) is 0 Å². The van der Waals surface area contributed by atoms with Gasteiger partial charge in [-0.25, -0.2) is 0 Å². The fraction of sp³-hybridized carbons (Fsp3) is 0.867. The zero-order valence-electron chi connectivity index (χ0n) is 21.1. The van der Waals surface area contributed by atoms with Gasteiger partial charge in [0, 0.05) is 0 Å². The first-order chi connectivity index (χ1) is 15.6. The normalized spacial score (nSPS) is 46.2. The summed E-state index contributed by atoms with van der Waals surface area (Å²) < 4.78 is 11.9. The number of hydrogen-bond donors (Lipinski definition) is 0. The van der Waals surface area contributed by atoms with E-state index < -0.39 is 0 Å². The lowest BCUT2D eigenvalue weighted by atomic mass is 9.76. The Morgan fingerprint density at radius 2 is 1.22 bits per heavy atom. The number of allylic oxidation sites excluding steroid dienone is 4. The first-order valence-electron chi connectivity index (χ1n) is 14.1. The first kappa shape index (κ1) is 23.2. The molecule has 12 unspecified atom stereocenters. The third-order valence-corrected chi connectivity index (χ3v) is 10.6. The van der Waals surface area contributed by atoms with E-state index >= 15 is 0 Å². The second-order valence-corrected chi connectivity index (χ2v) is 12.2. The molecule has 0 N–H and O–H groups in total. The first-order valence-corrected chi connectivity index (χ1v) is 14.1. The van der Waals surface area contributed by atoms with Gasteiger partial charge in [-0.05, 0) is 124 Å². The van der Waals surface area contributed by atoms with Crippen LogP contribution in [0.1, 0.15) is 79.1 Å². The van der Waals surface area contributed by atoms with Crippen LogP contribution in [0.3, 0.4) is 0 Å². The molecule has 0 spiro atoms. The van der Waals surface area contributed by atoms with Crippen molar-refractivity contribution < 1.29 is 9.47 Å². The van der Waals surface area contributed by atoms with Crippen LogP contribution >= 0.6 is 0 Å². The van der Waals surface area contributed by atoms with E-state index in [0.29, 0.717) is 12.2 Å². The van der Waals surface area contributed by atoms with Gasteiger partial charge in [0.1, 0.15) is 0 Å². The van der Waals surface area contributed by atoms with Crippen LogP contribution in [-0.2, 0) is 9.47 Å². The highest BCUT2D eigenvalue weighted by Crippen LogP contribution is 2.59. The van der Waals surface area contributed by atoms with Crippen molar-refractivity contribution in [2.45, 2.75) is 91.3 Å². The summed E-state index contributed by atoms with van der Waals surface area (Å²) >= 11 is 0. The molecule has 4 fully saturated rings. The molecule has 2 nitrogen and oxygen atoms in total. The Kier molecular flexibility index (Phi) is 7.20. The van der Waals surface area contributed by atoms with Gasteiger partial charge in [-0.3, -0.25) is 0 Å². The molecule has 0 aromatic heterocycles. The van der Waals surface area contributed by atoms with Crippen LogP contribution in [0.2, 0.25) is 0 Å². The topological polar surface area (TPSA) is 18.5 Å². The van der Waals surface area contributed by atoms with Crippen LogP contribution in [-0.4, -0.2) is 25.4 Å². The van der Waals surface area contributed by atoms with Crippen LogP contribution in [0, 0.1) is 59.2 Å². The Morgan fingerprint density at radius 1 is 0.656 bits per heavy atom. The summed E-state index contributed by atoms with van der Waals surface area (Å²) in [6, 6.07) is 0. The second-order valence-electron chi connectivity index (χ2n) is 12.2. The summed E-state index contributed by atoms with van der Waals surface area (Å²) in [6.07, 6.45) is 21.6. The van der Waals surface area contributed by atoms with Crippen molar-refractivity contribution in [2.24, 2.45) is 59.2 Å². The molecule has 0 heterocycles. The van der Waals surface area contributed by atoms with E-state index in [2.05, 4.69) is 52.0 Å². The quantitative estimate of drug-likeness (QED) is 0.369. The second kappa shape index (κ2) is 9.95. The fourth-order valence-electron chi connectivity index (χ4n) is 8.58. The molecule has 6 rings (SSSR count). The van der Waals surface area contributed by atoms with E-state index in [1.165, 1.54) is 38.5 Å². The van der Waals surface area contributed by atoms with Crippen molar-refractivity contribution in [3.63, 3.8) is 0 Å². The molecule has 180 valence electrons. The van der Waals surface area contributed by atoms with Gasteiger partial charge in [0.05, 0.1) is 25.4 Å². The lowest BCUT2D eigenvalue weighted by Gasteiger charge is -2.31. The number of ether oxygens (including phenoxy) is 2.